The molecule has 0 aromatic carbocycles. The van der Waals surface area contributed by atoms with Crippen LogP contribution in [-0.4, -0.2) is 45.2 Å². The van der Waals surface area contributed by atoms with Gasteiger partial charge in [0.25, 0.3) is 0 Å². The summed E-state index contributed by atoms with van der Waals surface area (Å²) in [6.45, 7) is 5.98. The Labute approximate surface area is 97.1 Å². The Morgan fingerprint density at radius 3 is 2.31 bits per heavy atom. The molecule has 4 heteroatoms. The monoisotopic (exact) mass is 226 g/mol. The highest BCUT2D eigenvalue weighted by Crippen LogP contribution is 2.37. The Balaban J connectivity index is 1.61. The Bertz CT molecular complexity index is 207. The van der Waals surface area contributed by atoms with Crippen molar-refractivity contribution in [3.63, 3.8) is 0 Å². The number of ether oxygens (including phenoxy) is 2. The van der Waals surface area contributed by atoms with Crippen molar-refractivity contribution in [2.45, 2.75) is 31.4 Å². The Morgan fingerprint density at radius 2 is 1.69 bits per heavy atom. The van der Waals surface area contributed by atoms with E-state index in [2.05, 4.69) is 10.6 Å². The lowest BCUT2D eigenvalue weighted by Gasteiger charge is -2.50. The predicted molar refractivity (Wildman–Crippen MR) is 61.3 cm³/mol. The lowest BCUT2D eigenvalue weighted by atomic mass is 9.78. The Kier molecular flexibility index (Phi) is 2.92. The average Bonchev–Trinajstić information content (AvgIpc) is 2.36. The summed E-state index contributed by atoms with van der Waals surface area (Å²) in [7, 11) is 0. The molecule has 4 nitrogen and oxygen atoms in total. The van der Waals surface area contributed by atoms with Crippen LogP contribution < -0.4 is 10.6 Å². The second kappa shape index (κ2) is 4.26. The van der Waals surface area contributed by atoms with Gasteiger partial charge in [-0.3, -0.25) is 5.32 Å². The van der Waals surface area contributed by atoms with Gasteiger partial charge in [0.15, 0.2) is 0 Å². The smallest absolute Gasteiger partial charge is 0.121 e. The topological polar surface area (TPSA) is 42.5 Å². The lowest BCUT2D eigenvalue weighted by molar-refractivity contribution is -0.175. The van der Waals surface area contributed by atoms with E-state index in [4.69, 9.17) is 9.47 Å². The van der Waals surface area contributed by atoms with Crippen molar-refractivity contribution < 1.29 is 9.47 Å². The number of nitrogens with one attached hydrogen (secondary N) is 2. The molecule has 0 aromatic rings. The first-order chi connectivity index (χ1) is 7.83. The van der Waals surface area contributed by atoms with Gasteiger partial charge in [0.1, 0.15) is 5.72 Å². The first kappa shape index (κ1) is 11.0. The van der Waals surface area contributed by atoms with Crippen LogP contribution in [0.25, 0.3) is 0 Å². The molecule has 2 spiro atoms. The van der Waals surface area contributed by atoms with Gasteiger partial charge in [-0.05, 0) is 25.9 Å². The molecule has 3 saturated heterocycles. The molecule has 0 aliphatic carbocycles. The van der Waals surface area contributed by atoms with E-state index in [-0.39, 0.29) is 5.72 Å². The molecule has 2 N–H and O–H groups in total. The molecule has 3 fully saturated rings. The van der Waals surface area contributed by atoms with Crippen LogP contribution in [0.3, 0.4) is 0 Å². The van der Waals surface area contributed by atoms with Gasteiger partial charge >= 0.3 is 0 Å². The minimum absolute atomic E-state index is 0.0190. The molecule has 16 heavy (non-hydrogen) atoms. The van der Waals surface area contributed by atoms with Gasteiger partial charge in [0.2, 0.25) is 0 Å². The number of hydrogen-bond acceptors (Lipinski definition) is 4. The highest BCUT2D eigenvalue weighted by atomic mass is 16.5. The molecule has 3 rings (SSSR count). The van der Waals surface area contributed by atoms with E-state index in [1.54, 1.807) is 0 Å². The lowest BCUT2D eigenvalue weighted by Crippen LogP contribution is -2.63. The van der Waals surface area contributed by atoms with Gasteiger partial charge in [-0.15, -0.1) is 0 Å². The van der Waals surface area contributed by atoms with Gasteiger partial charge in [0, 0.05) is 38.0 Å². The Morgan fingerprint density at radius 1 is 0.938 bits per heavy atom. The largest absolute Gasteiger partial charge is 0.381 e. The van der Waals surface area contributed by atoms with Crippen molar-refractivity contribution in [2.75, 3.05) is 39.5 Å². The van der Waals surface area contributed by atoms with Crippen molar-refractivity contribution in [1.82, 2.24) is 10.6 Å². The molecule has 3 aliphatic heterocycles. The van der Waals surface area contributed by atoms with Gasteiger partial charge < -0.3 is 14.8 Å². The summed E-state index contributed by atoms with van der Waals surface area (Å²) in [4.78, 5) is 0. The number of rotatable bonds is 0. The minimum atomic E-state index is -0.0190. The molecule has 92 valence electrons. The number of piperidine rings is 1. The fourth-order valence-electron chi connectivity index (χ4n) is 3.02. The Hall–Kier alpha value is -0.160. The van der Waals surface area contributed by atoms with E-state index in [9.17, 15) is 0 Å². The third kappa shape index (κ3) is 1.99. The molecule has 0 aromatic heterocycles. The summed E-state index contributed by atoms with van der Waals surface area (Å²) in [6, 6.07) is 0. The maximum atomic E-state index is 6.19. The summed E-state index contributed by atoms with van der Waals surface area (Å²) in [5, 5.41) is 7.06. The molecule has 3 heterocycles. The summed E-state index contributed by atoms with van der Waals surface area (Å²) in [5.41, 5.74) is 0.336. The maximum Gasteiger partial charge on any atom is 0.121 e. The van der Waals surface area contributed by atoms with E-state index < -0.39 is 0 Å². The van der Waals surface area contributed by atoms with E-state index >= 15 is 0 Å². The van der Waals surface area contributed by atoms with Crippen molar-refractivity contribution >= 4 is 0 Å². The fraction of sp³-hybridized carbons (Fsp3) is 1.00. The SMILES string of the molecule is C1CC2(CCN1)NCC1(CCOCC1)CO2. The molecule has 0 unspecified atom stereocenters. The summed E-state index contributed by atoms with van der Waals surface area (Å²) in [5.74, 6) is 0. The molecule has 0 saturated carbocycles. The molecule has 0 radical (unpaired) electrons. The minimum Gasteiger partial charge on any atom is -0.381 e. The first-order valence-corrected chi connectivity index (χ1v) is 6.50. The molecular weight excluding hydrogens is 204 g/mol. The highest BCUT2D eigenvalue weighted by Gasteiger charge is 2.44. The van der Waals surface area contributed by atoms with Gasteiger partial charge in [-0.25, -0.2) is 0 Å². The van der Waals surface area contributed by atoms with E-state index in [1.165, 1.54) is 0 Å². The summed E-state index contributed by atoms with van der Waals surface area (Å²) in [6.07, 6.45) is 4.49. The molecular formula is C12H22N2O2. The van der Waals surface area contributed by atoms with Crippen molar-refractivity contribution in [2.24, 2.45) is 5.41 Å². The van der Waals surface area contributed by atoms with Crippen LogP contribution in [0.5, 0.6) is 0 Å². The third-order valence-corrected chi connectivity index (χ3v) is 4.40. The third-order valence-electron chi connectivity index (χ3n) is 4.40. The van der Waals surface area contributed by atoms with Gasteiger partial charge in [-0.1, -0.05) is 0 Å². The molecule has 0 atom stereocenters. The van der Waals surface area contributed by atoms with Crippen LogP contribution in [0.4, 0.5) is 0 Å². The van der Waals surface area contributed by atoms with Crippen molar-refractivity contribution in [3.05, 3.63) is 0 Å². The van der Waals surface area contributed by atoms with Crippen LogP contribution in [0, 0.1) is 5.41 Å². The summed E-state index contributed by atoms with van der Waals surface area (Å²) >= 11 is 0. The van der Waals surface area contributed by atoms with Crippen LogP contribution in [0.1, 0.15) is 25.7 Å². The standard InChI is InChI=1S/C12H22N2O2/c1-5-13-6-2-12(1)14-9-11(10-16-12)3-7-15-8-4-11/h13-14H,1-10H2. The quantitative estimate of drug-likeness (QED) is 0.630. The maximum absolute atomic E-state index is 6.19. The predicted octanol–water partition coefficient (Wildman–Crippen LogP) is 0.483. The molecule has 0 amide bonds. The zero-order chi connectivity index (χ0) is 10.9. The fourth-order valence-corrected chi connectivity index (χ4v) is 3.02. The first-order valence-electron chi connectivity index (χ1n) is 6.50. The van der Waals surface area contributed by atoms with Crippen molar-refractivity contribution in [1.29, 1.82) is 0 Å². The zero-order valence-corrected chi connectivity index (χ0v) is 9.89. The van der Waals surface area contributed by atoms with Crippen LogP contribution in [0.15, 0.2) is 0 Å². The molecule has 3 aliphatic rings. The second-order valence-corrected chi connectivity index (χ2v) is 5.50. The van der Waals surface area contributed by atoms with E-state index in [1.807, 2.05) is 0 Å². The van der Waals surface area contributed by atoms with Crippen LogP contribution in [-0.2, 0) is 9.47 Å². The van der Waals surface area contributed by atoms with Crippen LogP contribution in [0.2, 0.25) is 0 Å². The van der Waals surface area contributed by atoms with Crippen molar-refractivity contribution in [3.8, 4) is 0 Å². The van der Waals surface area contributed by atoms with Crippen LogP contribution >= 0.6 is 0 Å². The summed E-state index contributed by atoms with van der Waals surface area (Å²) < 4.78 is 11.6. The van der Waals surface area contributed by atoms with Gasteiger partial charge in [-0.2, -0.15) is 0 Å². The zero-order valence-electron chi connectivity index (χ0n) is 9.89. The molecule has 0 bridgehead atoms. The van der Waals surface area contributed by atoms with E-state index in [0.29, 0.717) is 5.41 Å². The normalized spacial score (nSPS) is 33.0. The highest BCUT2D eigenvalue weighted by molar-refractivity contribution is 4.94. The average molecular weight is 226 g/mol. The van der Waals surface area contributed by atoms with Gasteiger partial charge in [0.05, 0.1) is 6.61 Å². The van der Waals surface area contributed by atoms with E-state index in [0.717, 1.165) is 65.1 Å². The number of hydrogen-bond donors (Lipinski definition) is 2. The second-order valence-electron chi connectivity index (χ2n) is 5.50.